The van der Waals surface area contributed by atoms with E-state index in [9.17, 15) is 0 Å². The highest BCUT2D eigenvalue weighted by Crippen LogP contribution is 2.05. The van der Waals surface area contributed by atoms with Crippen molar-refractivity contribution in [2.24, 2.45) is 5.92 Å². The number of pyridine rings is 1. The minimum absolute atomic E-state index is 0.616. The van der Waals surface area contributed by atoms with Crippen LogP contribution in [0.4, 0.5) is 0 Å². The molecule has 12 heavy (non-hydrogen) atoms. The van der Waals surface area contributed by atoms with Crippen molar-refractivity contribution in [1.82, 2.24) is 4.98 Å². The maximum absolute atomic E-state index is 8.52. The van der Waals surface area contributed by atoms with Crippen LogP contribution in [0.3, 0.4) is 0 Å². The summed E-state index contributed by atoms with van der Waals surface area (Å²) in [5.74, 6) is 0.616. The van der Waals surface area contributed by atoms with Crippen molar-refractivity contribution in [3.63, 3.8) is 0 Å². The van der Waals surface area contributed by atoms with E-state index in [0.717, 1.165) is 12.1 Å². The number of aromatic nitrogens is 1. The molecule has 0 aromatic carbocycles. The van der Waals surface area contributed by atoms with E-state index in [1.54, 1.807) is 6.20 Å². The zero-order valence-electron chi connectivity index (χ0n) is 7.41. The number of nitriles is 1. The fourth-order valence-corrected chi connectivity index (χ4v) is 1.03. The summed E-state index contributed by atoms with van der Waals surface area (Å²) in [5, 5.41) is 8.52. The average Bonchev–Trinajstić information content (AvgIpc) is 2.05. The Morgan fingerprint density at radius 3 is 2.67 bits per heavy atom. The molecule has 0 aliphatic rings. The maximum atomic E-state index is 8.52. The van der Waals surface area contributed by atoms with Crippen LogP contribution in [0.1, 0.15) is 25.1 Å². The summed E-state index contributed by atoms with van der Waals surface area (Å²) in [7, 11) is 0. The largest absolute Gasteiger partial charge is 0.260 e. The molecule has 0 N–H and O–H groups in total. The second kappa shape index (κ2) is 3.87. The van der Waals surface area contributed by atoms with Gasteiger partial charge in [-0.05, 0) is 24.5 Å². The van der Waals surface area contributed by atoms with Crippen molar-refractivity contribution in [2.75, 3.05) is 0 Å². The molecule has 1 aromatic rings. The van der Waals surface area contributed by atoms with Crippen LogP contribution < -0.4 is 0 Å². The first-order valence-corrected chi connectivity index (χ1v) is 4.07. The zero-order valence-corrected chi connectivity index (χ0v) is 7.41. The van der Waals surface area contributed by atoms with Gasteiger partial charge in [0.1, 0.15) is 6.07 Å². The van der Waals surface area contributed by atoms with Crippen molar-refractivity contribution >= 4 is 0 Å². The summed E-state index contributed by atoms with van der Waals surface area (Å²) < 4.78 is 0. The van der Waals surface area contributed by atoms with E-state index in [0.29, 0.717) is 11.5 Å². The molecule has 0 aliphatic carbocycles. The summed E-state index contributed by atoms with van der Waals surface area (Å²) in [4.78, 5) is 4.17. The van der Waals surface area contributed by atoms with Crippen LogP contribution in [0.25, 0.3) is 0 Å². The molecule has 0 saturated carbocycles. The topological polar surface area (TPSA) is 36.7 Å². The van der Waals surface area contributed by atoms with Crippen molar-refractivity contribution in [3.05, 3.63) is 29.6 Å². The van der Waals surface area contributed by atoms with Gasteiger partial charge in [-0.1, -0.05) is 13.8 Å². The van der Waals surface area contributed by atoms with Gasteiger partial charge in [0.2, 0.25) is 0 Å². The fraction of sp³-hybridized carbons (Fsp3) is 0.400. The van der Waals surface area contributed by atoms with E-state index < -0.39 is 0 Å². The van der Waals surface area contributed by atoms with E-state index in [1.807, 2.05) is 18.2 Å². The Morgan fingerprint density at radius 2 is 2.25 bits per heavy atom. The molecule has 2 nitrogen and oxygen atoms in total. The first-order valence-electron chi connectivity index (χ1n) is 4.07. The van der Waals surface area contributed by atoms with Gasteiger partial charge in [0.15, 0.2) is 0 Å². The highest BCUT2D eigenvalue weighted by molar-refractivity contribution is 5.26. The van der Waals surface area contributed by atoms with Gasteiger partial charge in [0, 0.05) is 11.9 Å². The SMILES string of the molecule is CC(C)Cc1ccc(C#N)cn1. The molecule has 62 valence electrons. The molecule has 0 amide bonds. The van der Waals surface area contributed by atoms with Crippen LogP contribution in [-0.4, -0.2) is 4.98 Å². The highest BCUT2D eigenvalue weighted by atomic mass is 14.7. The van der Waals surface area contributed by atoms with Crippen LogP contribution in [0, 0.1) is 17.2 Å². The van der Waals surface area contributed by atoms with E-state index >= 15 is 0 Å². The van der Waals surface area contributed by atoms with Gasteiger partial charge in [-0.2, -0.15) is 5.26 Å². The fourth-order valence-electron chi connectivity index (χ4n) is 1.03. The Balaban J connectivity index is 2.73. The van der Waals surface area contributed by atoms with E-state index in [4.69, 9.17) is 5.26 Å². The summed E-state index contributed by atoms with van der Waals surface area (Å²) in [6, 6.07) is 5.77. The predicted molar refractivity (Wildman–Crippen MR) is 47.5 cm³/mol. The molecule has 0 aliphatic heterocycles. The van der Waals surface area contributed by atoms with Crippen molar-refractivity contribution in [1.29, 1.82) is 5.26 Å². The molecular formula is C10H12N2. The van der Waals surface area contributed by atoms with Crippen LogP contribution >= 0.6 is 0 Å². The summed E-state index contributed by atoms with van der Waals surface area (Å²) in [6.45, 7) is 4.31. The third-order valence-electron chi connectivity index (χ3n) is 1.57. The number of nitrogens with zero attached hydrogens (tertiary/aromatic N) is 2. The standard InChI is InChI=1S/C10H12N2/c1-8(2)5-10-4-3-9(6-11)7-12-10/h3-4,7-8H,5H2,1-2H3. The molecule has 1 aromatic heterocycles. The van der Waals surface area contributed by atoms with Crippen molar-refractivity contribution < 1.29 is 0 Å². The Morgan fingerprint density at radius 1 is 1.50 bits per heavy atom. The Hall–Kier alpha value is -1.36. The lowest BCUT2D eigenvalue weighted by Gasteiger charge is -2.02. The Kier molecular flexibility index (Phi) is 2.82. The molecular weight excluding hydrogens is 148 g/mol. The summed E-state index contributed by atoms with van der Waals surface area (Å²) in [5.41, 5.74) is 1.69. The monoisotopic (exact) mass is 160 g/mol. The molecule has 0 saturated heterocycles. The minimum atomic E-state index is 0.616. The minimum Gasteiger partial charge on any atom is -0.260 e. The second-order valence-electron chi connectivity index (χ2n) is 3.25. The number of rotatable bonds is 2. The van der Waals surface area contributed by atoms with Crippen LogP contribution in [0.15, 0.2) is 18.3 Å². The van der Waals surface area contributed by atoms with E-state index in [2.05, 4.69) is 18.8 Å². The van der Waals surface area contributed by atoms with Gasteiger partial charge >= 0.3 is 0 Å². The molecule has 1 rings (SSSR count). The summed E-state index contributed by atoms with van der Waals surface area (Å²) in [6.07, 6.45) is 2.60. The van der Waals surface area contributed by atoms with Gasteiger partial charge < -0.3 is 0 Å². The maximum Gasteiger partial charge on any atom is 0.101 e. The molecule has 1 heterocycles. The molecule has 0 fully saturated rings. The van der Waals surface area contributed by atoms with Crippen molar-refractivity contribution in [2.45, 2.75) is 20.3 Å². The number of hydrogen-bond donors (Lipinski definition) is 0. The predicted octanol–water partition coefficient (Wildman–Crippen LogP) is 2.15. The first kappa shape index (κ1) is 8.73. The van der Waals surface area contributed by atoms with Gasteiger partial charge in [-0.25, -0.2) is 0 Å². The third kappa shape index (κ3) is 2.35. The molecule has 0 bridgehead atoms. The van der Waals surface area contributed by atoms with Crippen LogP contribution in [0.5, 0.6) is 0 Å². The smallest absolute Gasteiger partial charge is 0.101 e. The van der Waals surface area contributed by atoms with Crippen molar-refractivity contribution in [3.8, 4) is 6.07 Å². The van der Waals surface area contributed by atoms with Gasteiger partial charge in [-0.15, -0.1) is 0 Å². The Bertz CT molecular complexity index is 280. The van der Waals surface area contributed by atoms with Crippen LogP contribution in [-0.2, 0) is 6.42 Å². The van der Waals surface area contributed by atoms with Gasteiger partial charge in [0.25, 0.3) is 0 Å². The van der Waals surface area contributed by atoms with E-state index in [1.165, 1.54) is 0 Å². The summed E-state index contributed by atoms with van der Waals surface area (Å²) >= 11 is 0. The molecule has 0 spiro atoms. The second-order valence-corrected chi connectivity index (χ2v) is 3.25. The molecule has 0 radical (unpaired) electrons. The quantitative estimate of drug-likeness (QED) is 0.664. The molecule has 0 atom stereocenters. The van der Waals surface area contributed by atoms with E-state index in [-0.39, 0.29) is 0 Å². The Labute approximate surface area is 72.9 Å². The van der Waals surface area contributed by atoms with Gasteiger partial charge in [0.05, 0.1) is 5.56 Å². The lowest BCUT2D eigenvalue weighted by atomic mass is 10.1. The third-order valence-corrected chi connectivity index (χ3v) is 1.57. The number of hydrogen-bond acceptors (Lipinski definition) is 2. The normalized spacial score (nSPS) is 9.83. The molecule has 0 unspecified atom stereocenters. The highest BCUT2D eigenvalue weighted by Gasteiger charge is 1.98. The zero-order chi connectivity index (χ0) is 8.97. The van der Waals surface area contributed by atoms with Crippen LogP contribution in [0.2, 0.25) is 0 Å². The lowest BCUT2D eigenvalue weighted by molar-refractivity contribution is 0.635. The lowest BCUT2D eigenvalue weighted by Crippen LogP contribution is -1.96. The molecule has 2 heteroatoms. The first-order chi connectivity index (χ1) is 5.72. The van der Waals surface area contributed by atoms with Gasteiger partial charge in [-0.3, -0.25) is 4.98 Å². The average molecular weight is 160 g/mol.